The summed E-state index contributed by atoms with van der Waals surface area (Å²) in [5.41, 5.74) is 6.13. The van der Waals surface area contributed by atoms with E-state index in [9.17, 15) is 0 Å². The molecule has 0 aliphatic rings. The average molecular weight is 263 g/mol. The Hall–Kier alpha value is -0.610. The smallest absolute Gasteiger partial charge is 0.221 e. The van der Waals surface area contributed by atoms with Crippen molar-refractivity contribution in [2.24, 2.45) is 0 Å². The maximum atomic E-state index is 5.81. The molecule has 0 radical (unpaired) electrons. The molecule has 5 heteroatoms. The topological polar surface area (TPSA) is 51.8 Å². The van der Waals surface area contributed by atoms with Crippen molar-refractivity contribution in [2.45, 2.75) is 6.42 Å². The van der Waals surface area contributed by atoms with Crippen LogP contribution in [-0.4, -0.2) is 15.3 Å². The third-order valence-corrected chi connectivity index (χ3v) is 2.12. The van der Waals surface area contributed by atoms with Gasteiger partial charge in [0.2, 0.25) is 5.95 Å². The van der Waals surface area contributed by atoms with E-state index in [1.165, 1.54) is 0 Å². The first-order valence-electron chi connectivity index (χ1n) is 3.74. The van der Waals surface area contributed by atoms with Crippen LogP contribution in [0.15, 0.2) is 12.3 Å². The number of allylic oxidation sites excluding steroid dienone is 1. The number of nitrogens with two attached hydrogens (primary N) is 1. The van der Waals surface area contributed by atoms with Gasteiger partial charge in [-0.3, -0.25) is 0 Å². The van der Waals surface area contributed by atoms with Crippen LogP contribution in [0.1, 0.15) is 12.0 Å². The summed E-state index contributed by atoms with van der Waals surface area (Å²) in [6, 6.07) is 0. The Labute approximate surface area is 90.2 Å². The molecule has 0 aromatic carbocycles. The van der Waals surface area contributed by atoms with Gasteiger partial charge < -0.3 is 5.73 Å². The van der Waals surface area contributed by atoms with Crippen molar-refractivity contribution in [1.82, 2.24) is 9.97 Å². The highest BCUT2D eigenvalue weighted by Gasteiger charge is 1.98. The molecule has 70 valence electrons. The molecule has 0 unspecified atom stereocenters. The number of aromatic nitrogens is 2. The van der Waals surface area contributed by atoms with Crippen LogP contribution >= 0.6 is 27.5 Å². The number of nitrogen functional groups attached to an aromatic ring is 1. The highest BCUT2D eigenvalue weighted by atomic mass is 79.9. The zero-order chi connectivity index (χ0) is 9.68. The van der Waals surface area contributed by atoms with Gasteiger partial charge in [0.05, 0.1) is 0 Å². The fourth-order valence-electron chi connectivity index (χ4n) is 0.768. The second kappa shape index (κ2) is 5.19. The number of nitrogens with zero attached hydrogens (tertiary/aromatic N) is 2. The second-order valence-electron chi connectivity index (χ2n) is 2.35. The molecule has 3 nitrogen and oxygen atoms in total. The minimum atomic E-state index is 0.197. The van der Waals surface area contributed by atoms with Crippen molar-refractivity contribution in [1.29, 1.82) is 0 Å². The zero-order valence-corrected chi connectivity index (χ0v) is 9.22. The van der Waals surface area contributed by atoms with Crippen molar-refractivity contribution < 1.29 is 0 Å². The number of anilines is 1. The molecule has 0 aliphatic carbocycles. The molecule has 1 aromatic rings. The van der Waals surface area contributed by atoms with E-state index < -0.39 is 0 Å². The van der Waals surface area contributed by atoms with Crippen LogP contribution in [0, 0.1) is 0 Å². The molecule has 0 saturated carbocycles. The lowest BCUT2D eigenvalue weighted by molar-refractivity contribution is 1.17. The number of halogens is 2. The summed E-state index contributed by atoms with van der Waals surface area (Å²) < 4.78 is 0. The summed E-state index contributed by atoms with van der Waals surface area (Å²) in [6.45, 7) is 0. The lowest BCUT2D eigenvalue weighted by Crippen LogP contribution is -1.95. The summed E-state index contributed by atoms with van der Waals surface area (Å²) in [5, 5.41) is 1.31. The van der Waals surface area contributed by atoms with Gasteiger partial charge in [-0.25, -0.2) is 9.97 Å². The number of alkyl halides is 1. The maximum Gasteiger partial charge on any atom is 0.221 e. The van der Waals surface area contributed by atoms with Gasteiger partial charge in [-0.1, -0.05) is 39.7 Å². The van der Waals surface area contributed by atoms with Crippen molar-refractivity contribution in [3.63, 3.8) is 0 Å². The molecule has 13 heavy (non-hydrogen) atoms. The van der Waals surface area contributed by atoms with Crippen molar-refractivity contribution in [2.75, 3.05) is 11.1 Å². The summed E-state index contributed by atoms with van der Waals surface area (Å²) in [4.78, 5) is 7.66. The summed E-state index contributed by atoms with van der Waals surface area (Å²) in [6.07, 6.45) is 6.43. The molecule has 0 aliphatic heterocycles. The van der Waals surface area contributed by atoms with E-state index >= 15 is 0 Å². The normalized spacial score (nSPS) is 10.9. The number of rotatable bonds is 3. The number of hydrogen-bond acceptors (Lipinski definition) is 3. The minimum absolute atomic E-state index is 0.197. The van der Waals surface area contributed by atoms with Crippen LogP contribution in [0.25, 0.3) is 6.08 Å². The van der Waals surface area contributed by atoms with Gasteiger partial charge in [-0.05, 0) is 6.42 Å². The standard InChI is InChI=1S/C8H9BrClN3/c9-4-2-1-3-6-5-12-8(11)13-7(6)10/h1,3,5H,2,4H2,(H2,11,12,13). The van der Waals surface area contributed by atoms with E-state index in [0.717, 1.165) is 17.3 Å². The minimum Gasteiger partial charge on any atom is -0.368 e. The van der Waals surface area contributed by atoms with E-state index in [4.69, 9.17) is 17.3 Å². The number of hydrogen-bond donors (Lipinski definition) is 1. The van der Waals surface area contributed by atoms with Gasteiger partial charge in [0.15, 0.2) is 0 Å². The molecule has 1 heterocycles. The maximum absolute atomic E-state index is 5.81. The fourth-order valence-corrected chi connectivity index (χ4v) is 1.23. The van der Waals surface area contributed by atoms with Crippen LogP contribution < -0.4 is 5.73 Å². The van der Waals surface area contributed by atoms with Crippen LogP contribution in [0.5, 0.6) is 0 Å². The van der Waals surface area contributed by atoms with Gasteiger partial charge in [-0.2, -0.15) is 0 Å². The molecule has 0 atom stereocenters. The van der Waals surface area contributed by atoms with Gasteiger partial charge in [0, 0.05) is 17.1 Å². The Bertz CT molecular complexity index is 314. The Balaban J connectivity index is 2.77. The van der Waals surface area contributed by atoms with Gasteiger partial charge in [0.25, 0.3) is 0 Å². The fraction of sp³-hybridized carbons (Fsp3) is 0.250. The molecular formula is C8H9BrClN3. The third-order valence-electron chi connectivity index (χ3n) is 1.36. The Morgan fingerprint density at radius 3 is 3.00 bits per heavy atom. The summed E-state index contributed by atoms with van der Waals surface area (Å²) >= 11 is 9.13. The van der Waals surface area contributed by atoms with E-state index in [2.05, 4.69) is 25.9 Å². The van der Waals surface area contributed by atoms with Crippen LogP contribution in [-0.2, 0) is 0 Å². The highest BCUT2D eigenvalue weighted by Crippen LogP contribution is 2.14. The Kier molecular flexibility index (Phi) is 4.18. The molecule has 1 aromatic heterocycles. The SMILES string of the molecule is Nc1ncc(C=CCCBr)c(Cl)n1. The zero-order valence-electron chi connectivity index (χ0n) is 6.87. The van der Waals surface area contributed by atoms with Gasteiger partial charge >= 0.3 is 0 Å². The Morgan fingerprint density at radius 2 is 2.38 bits per heavy atom. The van der Waals surface area contributed by atoms with Gasteiger partial charge in [0.1, 0.15) is 5.15 Å². The van der Waals surface area contributed by atoms with E-state index in [0.29, 0.717) is 5.15 Å². The Morgan fingerprint density at radius 1 is 1.62 bits per heavy atom. The molecule has 0 spiro atoms. The van der Waals surface area contributed by atoms with Crippen molar-refractivity contribution in [3.8, 4) is 0 Å². The van der Waals surface area contributed by atoms with E-state index in [-0.39, 0.29) is 5.95 Å². The summed E-state index contributed by atoms with van der Waals surface area (Å²) in [5.74, 6) is 0.197. The lowest BCUT2D eigenvalue weighted by Gasteiger charge is -1.96. The predicted molar refractivity (Wildman–Crippen MR) is 58.9 cm³/mol. The molecule has 0 fully saturated rings. The summed E-state index contributed by atoms with van der Waals surface area (Å²) in [7, 11) is 0. The third kappa shape index (κ3) is 3.32. The van der Waals surface area contributed by atoms with Crippen molar-refractivity contribution >= 4 is 39.6 Å². The largest absolute Gasteiger partial charge is 0.368 e. The first-order valence-corrected chi connectivity index (χ1v) is 5.24. The molecular weight excluding hydrogens is 253 g/mol. The van der Waals surface area contributed by atoms with E-state index in [1.807, 2.05) is 12.2 Å². The van der Waals surface area contributed by atoms with Crippen LogP contribution in [0.3, 0.4) is 0 Å². The molecule has 0 bridgehead atoms. The lowest BCUT2D eigenvalue weighted by atomic mass is 10.3. The van der Waals surface area contributed by atoms with Crippen LogP contribution in [0.2, 0.25) is 5.15 Å². The molecule has 0 amide bonds. The first-order chi connectivity index (χ1) is 6.24. The van der Waals surface area contributed by atoms with Crippen molar-refractivity contribution in [3.05, 3.63) is 23.0 Å². The average Bonchev–Trinajstić information content (AvgIpc) is 2.09. The van der Waals surface area contributed by atoms with Gasteiger partial charge in [-0.15, -0.1) is 0 Å². The van der Waals surface area contributed by atoms with E-state index in [1.54, 1.807) is 6.20 Å². The molecule has 2 N–H and O–H groups in total. The first kappa shape index (κ1) is 10.5. The monoisotopic (exact) mass is 261 g/mol. The van der Waals surface area contributed by atoms with Crippen LogP contribution in [0.4, 0.5) is 5.95 Å². The quantitative estimate of drug-likeness (QED) is 0.673. The molecule has 1 rings (SSSR count). The molecule has 0 saturated heterocycles. The highest BCUT2D eigenvalue weighted by molar-refractivity contribution is 9.09. The second-order valence-corrected chi connectivity index (χ2v) is 3.51. The predicted octanol–water partition coefficient (Wildman–Crippen LogP) is 2.51.